The molecule has 1 aliphatic carbocycles. The van der Waals surface area contributed by atoms with E-state index in [1.54, 1.807) is 30.1 Å². The van der Waals surface area contributed by atoms with Gasteiger partial charge in [0.1, 0.15) is 6.61 Å². The van der Waals surface area contributed by atoms with E-state index in [0.717, 1.165) is 33.4 Å². The highest BCUT2D eigenvalue weighted by Crippen LogP contribution is 2.46. The molecule has 0 radical (unpaired) electrons. The molecule has 4 aromatic rings. The molecule has 1 N–H and O–H groups in total. The smallest absolute Gasteiger partial charge is 0.307 e. The molecular formula is C29H27N3O4. The maximum atomic E-state index is 11.8. The first-order chi connectivity index (χ1) is 17.3. The number of hydrogen-bond donors (Lipinski definition) is 1. The lowest BCUT2D eigenvalue weighted by Gasteiger charge is -2.15. The number of carboxylic acid groups (broad SMARTS) is 1. The van der Waals surface area contributed by atoms with E-state index in [-0.39, 0.29) is 17.4 Å². The lowest BCUT2D eigenvalue weighted by Crippen LogP contribution is -2.13. The van der Waals surface area contributed by atoms with E-state index in [9.17, 15) is 9.59 Å². The summed E-state index contributed by atoms with van der Waals surface area (Å²) >= 11 is 0. The lowest BCUT2D eigenvalue weighted by molar-refractivity contribution is -0.138. The van der Waals surface area contributed by atoms with Crippen molar-refractivity contribution in [2.24, 2.45) is 13.0 Å². The predicted molar refractivity (Wildman–Crippen MR) is 137 cm³/mol. The molecule has 0 spiro atoms. The van der Waals surface area contributed by atoms with Crippen molar-refractivity contribution in [2.75, 3.05) is 0 Å². The van der Waals surface area contributed by atoms with Gasteiger partial charge in [-0.2, -0.15) is 0 Å². The second-order valence-corrected chi connectivity index (χ2v) is 9.41. The fourth-order valence-corrected chi connectivity index (χ4v) is 4.71. The average molecular weight is 482 g/mol. The monoisotopic (exact) mass is 481 g/mol. The third-order valence-electron chi connectivity index (χ3n) is 6.69. The van der Waals surface area contributed by atoms with Crippen LogP contribution >= 0.6 is 0 Å². The van der Waals surface area contributed by atoms with Crippen LogP contribution in [-0.2, 0) is 18.4 Å². The summed E-state index contributed by atoms with van der Waals surface area (Å²) in [5, 5.41) is 9.09. The van der Waals surface area contributed by atoms with Gasteiger partial charge in [0.05, 0.1) is 24.0 Å². The first-order valence-corrected chi connectivity index (χ1v) is 11.9. The maximum Gasteiger partial charge on any atom is 0.307 e. The van der Waals surface area contributed by atoms with Gasteiger partial charge in [0.15, 0.2) is 0 Å². The van der Waals surface area contributed by atoms with Crippen molar-refractivity contribution in [3.8, 4) is 28.1 Å². The van der Waals surface area contributed by atoms with Gasteiger partial charge in [0, 0.05) is 25.2 Å². The highest BCUT2D eigenvalue weighted by molar-refractivity contribution is 5.77. The first kappa shape index (κ1) is 23.5. The summed E-state index contributed by atoms with van der Waals surface area (Å²) in [7, 11) is 1.76. The molecule has 1 aliphatic rings. The Labute approximate surface area is 209 Å². The Kier molecular flexibility index (Phi) is 6.14. The second-order valence-electron chi connectivity index (χ2n) is 9.41. The Morgan fingerprint density at radius 3 is 2.44 bits per heavy atom. The summed E-state index contributed by atoms with van der Waals surface area (Å²) in [6.07, 6.45) is 5.64. The van der Waals surface area contributed by atoms with Crippen LogP contribution in [0.25, 0.3) is 22.3 Å². The normalized spacial score (nSPS) is 16.5. The fourth-order valence-electron chi connectivity index (χ4n) is 4.71. The van der Waals surface area contributed by atoms with Crippen LogP contribution in [0.4, 0.5) is 0 Å². The molecule has 0 bridgehead atoms. The fraction of sp³-hybridized carbons (Fsp3) is 0.241. The molecule has 182 valence electrons. The number of aromatic nitrogens is 3. The number of pyridine rings is 1. The average Bonchev–Trinajstić information content (AvgIpc) is 3.66. The molecule has 1 fully saturated rings. The number of aryl methyl sites for hydroxylation is 3. The van der Waals surface area contributed by atoms with Crippen LogP contribution in [0.2, 0.25) is 0 Å². The summed E-state index contributed by atoms with van der Waals surface area (Å²) in [5.74, 6) is -0.775. The van der Waals surface area contributed by atoms with Crippen LogP contribution in [0.15, 0.2) is 71.9 Å². The standard InChI is InChI=1S/C29H27N3O4/c1-17-9-22(21-7-8-27(33)32(3)15-21)10-18(2)28(17)20-6-4-5-19(11-20)16-36-26-14-30-25(13-31-26)23-12-24(23)29(34)35/h4-11,13-15,23-24H,12,16H2,1-3H3,(H,34,35)/t23-,24-/m1/s1. The summed E-state index contributed by atoms with van der Waals surface area (Å²) in [6, 6.07) is 16.0. The number of nitrogens with zero attached hydrogens (tertiary/aromatic N) is 3. The second kappa shape index (κ2) is 9.41. The van der Waals surface area contributed by atoms with E-state index in [1.807, 2.05) is 24.4 Å². The zero-order valence-electron chi connectivity index (χ0n) is 20.4. The molecule has 2 heterocycles. The van der Waals surface area contributed by atoms with Gasteiger partial charge in [-0.25, -0.2) is 4.98 Å². The first-order valence-electron chi connectivity index (χ1n) is 11.9. The topological polar surface area (TPSA) is 94.3 Å². The minimum absolute atomic E-state index is 0.0282. The molecule has 0 aliphatic heterocycles. The van der Waals surface area contributed by atoms with Crippen molar-refractivity contribution in [3.63, 3.8) is 0 Å². The molecule has 5 rings (SSSR count). The van der Waals surface area contributed by atoms with E-state index in [4.69, 9.17) is 9.84 Å². The largest absolute Gasteiger partial charge is 0.481 e. The number of ether oxygens (including phenoxy) is 1. The van der Waals surface area contributed by atoms with Gasteiger partial charge in [-0.15, -0.1) is 0 Å². The molecule has 2 aromatic heterocycles. The third-order valence-corrected chi connectivity index (χ3v) is 6.69. The number of hydrogen-bond acceptors (Lipinski definition) is 5. The van der Waals surface area contributed by atoms with Crippen LogP contribution in [0, 0.1) is 19.8 Å². The molecule has 36 heavy (non-hydrogen) atoms. The van der Waals surface area contributed by atoms with E-state index in [0.29, 0.717) is 24.6 Å². The summed E-state index contributed by atoms with van der Waals surface area (Å²) in [6.45, 7) is 4.54. The SMILES string of the molecule is Cc1cc(-c2ccc(=O)n(C)c2)cc(C)c1-c1cccc(COc2cnc([C@@H]3C[C@H]3C(=O)O)cn2)c1. The van der Waals surface area contributed by atoms with Crippen LogP contribution in [0.3, 0.4) is 0 Å². The van der Waals surface area contributed by atoms with Crippen molar-refractivity contribution in [3.05, 3.63) is 99.9 Å². The highest BCUT2D eigenvalue weighted by Gasteiger charge is 2.45. The van der Waals surface area contributed by atoms with Gasteiger partial charge < -0.3 is 14.4 Å². The Balaban J connectivity index is 1.31. The van der Waals surface area contributed by atoms with Gasteiger partial charge in [-0.05, 0) is 71.3 Å². The van der Waals surface area contributed by atoms with E-state index in [2.05, 4.69) is 48.1 Å². The molecule has 7 nitrogen and oxygen atoms in total. The zero-order chi connectivity index (χ0) is 25.4. The Morgan fingerprint density at radius 2 is 1.81 bits per heavy atom. The molecular weight excluding hydrogens is 454 g/mol. The molecule has 2 aromatic carbocycles. The van der Waals surface area contributed by atoms with Gasteiger partial charge in [-0.1, -0.05) is 30.3 Å². The minimum atomic E-state index is -0.783. The van der Waals surface area contributed by atoms with Crippen molar-refractivity contribution in [1.82, 2.24) is 14.5 Å². The molecule has 2 atom stereocenters. The number of benzene rings is 2. The number of carboxylic acids is 1. The molecule has 0 amide bonds. The van der Waals surface area contributed by atoms with E-state index < -0.39 is 5.97 Å². The van der Waals surface area contributed by atoms with Gasteiger partial charge in [0.2, 0.25) is 11.4 Å². The van der Waals surface area contributed by atoms with E-state index >= 15 is 0 Å². The highest BCUT2D eigenvalue weighted by atomic mass is 16.5. The van der Waals surface area contributed by atoms with Crippen molar-refractivity contribution < 1.29 is 14.6 Å². The van der Waals surface area contributed by atoms with Crippen LogP contribution in [0.1, 0.15) is 34.7 Å². The van der Waals surface area contributed by atoms with Crippen LogP contribution in [-0.4, -0.2) is 25.6 Å². The Morgan fingerprint density at radius 1 is 1.03 bits per heavy atom. The third kappa shape index (κ3) is 4.77. The summed E-state index contributed by atoms with van der Waals surface area (Å²) in [4.78, 5) is 31.5. The van der Waals surface area contributed by atoms with Gasteiger partial charge in [0.25, 0.3) is 0 Å². The van der Waals surface area contributed by atoms with Crippen molar-refractivity contribution in [1.29, 1.82) is 0 Å². The number of carbonyl (C=O) groups is 1. The molecule has 0 unspecified atom stereocenters. The van der Waals surface area contributed by atoms with Gasteiger partial charge in [-0.3, -0.25) is 14.6 Å². The zero-order valence-corrected chi connectivity index (χ0v) is 20.4. The quantitative estimate of drug-likeness (QED) is 0.404. The van der Waals surface area contributed by atoms with Crippen molar-refractivity contribution in [2.45, 2.75) is 32.8 Å². The summed E-state index contributed by atoms with van der Waals surface area (Å²) in [5.41, 5.74) is 8.34. The Bertz CT molecular complexity index is 1480. The number of aliphatic carboxylic acids is 1. The molecule has 0 saturated heterocycles. The van der Waals surface area contributed by atoms with E-state index in [1.165, 1.54) is 5.56 Å². The summed E-state index contributed by atoms with van der Waals surface area (Å²) < 4.78 is 7.44. The molecule has 1 saturated carbocycles. The van der Waals surface area contributed by atoms with Crippen LogP contribution < -0.4 is 10.3 Å². The van der Waals surface area contributed by atoms with Crippen LogP contribution in [0.5, 0.6) is 5.88 Å². The van der Waals surface area contributed by atoms with Crippen molar-refractivity contribution >= 4 is 5.97 Å². The lowest BCUT2D eigenvalue weighted by atomic mass is 9.91. The predicted octanol–water partition coefficient (Wildman–Crippen LogP) is 4.89. The molecule has 7 heteroatoms. The maximum absolute atomic E-state index is 11.8. The minimum Gasteiger partial charge on any atom is -0.481 e. The number of rotatable bonds is 7. The van der Waals surface area contributed by atoms with Gasteiger partial charge >= 0.3 is 5.97 Å². The Hall–Kier alpha value is -4.26.